The normalized spacial score (nSPS) is 24.2. The summed E-state index contributed by atoms with van der Waals surface area (Å²) in [4.78, 5) is 14.3. The van der Waals surface area contributed by atoms with Crippen LogP contribution in [0.3, 0.4) is 0 Å². The van der Waals surface area contributed by atoms with Crippen LogP contribution in [0, 0.1) is 5.92 Å². The third kappa shape index (κ3) is 5.36. The lowest BCUT2D eigenvalue weighted by Crippen LogP contribution is -2.44. The summed E-state index contributed by atoms with van der Waals surface area (Å²) >= 11 is 0. The molecule has 1 aliphatic heterocycles. The molecule has 1 rings (SSSR count). The Morgan fingerprint density at radius 1 is 1.33 bits per heavy atom. The number of rotatable bonds is 7. The Morgan fingerprint density at radius 2 is 2.06 bits per heavy atom. The number of nitrogens with zero attached hydrogens (tertiary/aromatic N) is 1. The van der Waals surface area contributed by atoms with Crippen molar-refractivity contribution in [2.75, 3.05) is 32.7 Å². The van der Waals surface area contributed by atoms with Crippen molar-refractivity contribution in [2.45, 2.75) is 46.1 Å². The Bertz CT molecular complexity index is 233. The van der Waals surface area contributed by atoms with Crippen LogP contribution in [0.5, 0.6) is 0 Å². The van der Waals surface area contributed by atoms with Crippen molar-refractivity contribution in [1.82, 2.24) is 15.5 Å². The Labute approximate surface area is 111 Å². The van der Waals surface area contributed by atoms with Gasteiger partial charge in [-0.25, -0.2) is 0 Å². The molecule has 18 heavy (non-hydrogen) atoms. The summed E-state index contributed by atoms with van der Waals surface area (Å²) in [6.07, 6.45) is 3.18. The summed E-state index contributed by atoms with van der Waals surface area (Å²) < 4.78 is 0. The Morgan fingerprint density at radius 3 is 2.61 bits per heavy atom. The zero-order valence-electron chi connectivity index (χ0n) is 12.2. The molecular weight excluding hydrogens is 226 g/mol. The highest BCUT2D eigenvalue weighted by Gasteiger charge is 2.23. The second-order valence-electron chi connectivity index (χ2n) is 5.26. The first kappa shape index (κ1) is 15.4. The second-order valence-corrected chi connectivity index (χ2v) is 5.26. The lowest BCUT2D eigenvalue weighted by atomic mass is 9.95. The van der Waals surface area contributed by atoms with E-state index < -0.39 is 0 Å². The van der Waals surface area contributed by atoms with Gasteiger partial charge in [0, 0.05) is 19.1 Å². The van der Waals surface area contributed by atoms with Gasteiger partial charge in [-0.2, -0.15) is 0 Å². The number of hydrogen-bond donors (Lipinski definition) is 2. The van der Waals surface area contributed by atoms with E-state index in [9.17, 15) is 4.79 Å². The van der Waals surface area contributed by atoms with E-state index in [1.807, 2.05) is 0 Å². The average Bonchev–Trinajstić information content (AvgIpc) is 2.39. The van der Waals surface area contributed by atoms with Crippen molar-refractivity contribution in [3.63, 3.8) is 0 Å². The van der Waals surface area contributed by atoms with Gasteiger partial charge in [-0.3, -0.25) is 4.79 Å². The van der Waals surface area contributed by atoms with E-state index in [2.05, 4.69) is 36.3 Å². The SMILES string of the molecule is CCN(CC)CCCNC(=O)C1CCC(C)NC1. The Balaban J connectivity index is 2.10. The van der Waals surface area contributed by atoms with E-state index >= 15 is 0 Å². The predicted octanol–water partition coefficient (Wildman–Crippen LogP) is 1.22. The molecule has 1 saturated heterocycles. The molecule has 0 spiro atoms. The van der Waals surface area contributed by atoms with Crippen LogP contribution < -0.4 is 10.6 Å². The van der Waals surface area contributed by atoms with Crippen LogP contribution in [0.15, 0.2) is 0 Å². The minimum atomic E-state index is 0.176. The van der Waals surface area contributed by atoms with Gasteiger partial charge in [-0.1, -0.05) is 13.8 Å². The minimum absolute atomic E-state index is 0.176. The Hall–Kier alpha value is -0.610. The van der Waals surface area contributed by atoms with Gasteiger partial charge in [0.1, 0.15) is 0 Å². The molecule has 1 aliphatic rings. The van der Waals surface area contributed by atoms with Crippen LogP contribution in [0.2, 0.25) is 0 Å². The van der Waals surface area contributed by atoms with Crippen LogP contribution >= 0.6 is 0 Å². The zero-order chi connectivity index (χ0) is 13.4. The molecule has 0 aromatic rings. The van der Waals surface area contributed by atoms with E-state index in [0.717, 1.165) is 52.0 Å². The largest absolute Gasteiger partial charge is 0.356 e. The molecule has 0 saturated carbocycles. The molecule has 0 aliphatic carbocycles. The van der Waals surface area contributed by atoms with Gasteiger partial charge >= 0.3 is 0 Å². The van der Waals surface area contributed by atoms with E-state index in [-0.39, 0.29) is 11.8 Å². The molecule has 1 amide bonds. The number of nitrogens with one attached hydrogen (secondary N) is 2. The van der Waals surface area contributed by atoms with Crippen LogP contribution in [0.4, 0.5) is 0 Å². The highest BCUT2D eigenvalue weighted by molar-refractivity contribution is 5.78. The number of hydrogen-bond acceptors (Lipinski definition) is 3. The van der Waals surface area contributed by atoms with E-state index in [1.165, 1.54) is 0 Å². The zero-order valence-corrected chi connectivity index (χ0v) is 12.2. The maximum absolute atomic E-state index is 11.9. The van der Waals surface area contributed by atoms with Crippen molar-refractivity contribution in [1.29, 1.82) is 0 Å². The molecule has 0 aromatic heterocycles. The first-order valence-electron chi connectivity index (χ1n) is 7.40. The van der Waals surface area contributed by atoms with Gasteiger partial charge in [0.2, 0.25) is 5.91 Å². The molecule has 1 heterocycles. The third-order valence-corrected chi connectivity index (χ3v) is 3.88. The van der Waals surface area contributed by atoms with E-state index in [1.54, 1.807) is 0 Å². The number of piperidine rings is 1. The number of carbonyl (C=O) groups excluding carboxylic acids is 1. The topological polar surface area (TPSA) is 44.4 Å². The van der Waals surface area contributed by atoms with Crippen molar-refractivity contribution in [3.05, 3.63) is 0 Å². The molecule has 0 bridgehead atoms. The molecule has 4 nitrogen and oxygen atoms in total. The van der Waals surface area contributed by atoms with Gasteiger partial charge in [0.25, 0.3) is 0 Å². The summed E-state index contributed by atoms with van der Waals surface area (Å²) in [5.41, 5.74) is 0. The first-order valence-corrected chi connectivity index (χ1v) is 7.40. The lowest BCUT2D eigenvalue weighted by Gasteiger charge is -2.26. The molecular formula is C14H29N3O. The summed E-state index contributed by atoms with van der Waals surface area (Å²) in [5, 5.41) is 6.44. The average molecular weight is 255 g/mol. The number of carbonyl (C=O) groups is 1. The van der Waals surface area contributed by atoms with Crippen molar-refractivity contribution >= 4 is 5.91 Å². The maximum Gasteiger partial charge on any atom is 0.224 e. The standard InChI is InChI=1S/C14H29N3O/c1-4-17(5-2)10-6-9-15-14(18)13-8-7-12(3)16-11-13/h12-13,16H,4-11H2,1-3H3,(H,15,18). The number of amides is 1. The summed E-state index contributed by atoms with van der Waals surface area (Å²) in [6.45, 7) is 11.4. The molecule has 4 heteroatoms. The second kappa shape index (κ2) is 8.48. The molecule has 2 unspecified atom stereocenters. The lowest BCUT2D eigenvalue weighted by molar-refractivity contribution is -0.125. The van der Waals surface area contributed by atoms with Gasteiger partial charge in [0.05, 0.1) is 5.92 Å². The molecule has 0 aromatic carbocycles. The van der Waals surface area contributed by atoms with Gasteiger partial charge in [-0.05, 0) is 45.8 Å². The minimum Gasteiger partial charge on any atom is -0.356 e. The third-order valence-electron chi connectivity index (χ3n) is 3.88. The molecule has 1 fully saturated rings. The highest BCUT2D eigenvalue weighted by atomic mass is 16.1. The summed E-state index contributed by atoms with van der Waals surface area (Å²) in [5.74, 6) is 0.406. The molecule has 106 valence electrons. The first-order chi connectivity index (χ1) is 8.67. The van der Waals surface area contributed by atoms with Crippen LogP contribution in [-0.4, -0.2) is 49.6 Å². The highest BCUT2D eigenvalue weighted by Crippen LogP contribution is 2.13. The van der Waals surface area contributed by atoms with Crippen LogP contribution in [0.25, 0.3) is 0 Å². The quantitative estimate of drug-likeness (QED) is 0.672. The molecule has 0 radical (unpaired) electrons. The predicted molar refractivity (Wildman–Crippen MR) is 75.6 cm³/mol. The van der Waals surface area contributed by atoms with Crippen LogP contribution in [-0.2, 0) is 4.79 Å². The monoisotopic (exact) mass is 255 g/mol. The van der Waals surface area contributed by atoms with Crippen molar-refractivity contribution < 1.29 is 4.79 Å². The molecule has 2 N–H and O–H groups in total. The van der Waals surface area contributed by atoms with E-state index in [0.29, 0.717) is 6.04 Å². The summed E-state index contributed by atoms with van der Waals surface area (Å²) in [7, 11) is 0. The summed E-state index contributed by atoms with van der Waals surface area (Å²) in [6, 6.07) is 0.566. The van der Waals surface area contributed by atoms with Crippen molar-refractivity contribution in [3.8, 4) is 0 Å². The molecule has 2 atom stereocenters. The smallest absolute Gasteiger partial charge is 0.224 e. The fourth-order valence-electron chi connectivity index (χ4n) is 2.42. The van der Waals surface area contributed by atoms with Gasteiger partial charge in [-0.15, -0.1) is 0 Å². The van der Waals surface area contributed by atoms with Crippen LogP contribution in [0.1, 0.15) is 40.0 Å². The Kier molecular flexibility index (Phi) is 7.28. The fourth-order valence-corrected chi connectivity index (χ4v) is 2.42. The van der Waals surface area contributed by atoms with E-state index in [4.69, 9.17) is 0 Å². The maximum atomic E-state index is 11.9. The van der Waals surface area contributed by atoms with Crippen molar-refractivity contribution in [2.24, 2.45) is 5.92 Å². The van der Waals surface area contributed by atoms with Gasteiger partial charge < -0.3 is 15.5 Å². The van der Waals surface area contributed by atoms with Gasteiger partial charge in [0.15, 0.2) is 0 Å². The fraction of sp³-hybridized carbons (Fsp3) is 0.929.